The van der Waals surface area contributed by atoms with Crippen LogP contribution in [0, 0.1) is 12.3 Å². The van der Waals surface area contributed by atoms with Gasteiger partial charge in [0.15, 0.2) is 0 Å². The number of nitrogens with one attached hydrogen (secondary N) is 1. The van der Waals surface area contributed by atoms with Gasteiger partial charge in [-0.25, -0.2) is 0 Å². The SMILES string of the molecule is Cc1cc2c(cc(C(N)=O)c(=N)n2Cc2ccccc2)c(=O)n1C. The lowest BCUT2D eigenvalue weighted by molar-refractivity contribution is 0.0998. The van der Waals surface area contributed by atoms with E-state index in [1.807, 2.05) is 43.3 Å². The molecule has 3 rings (SSSR count). The quantitative estimate of drug-likeness (QED) is 0.760. The summed E-state index contributed by atoms with van der Waals surface area (Å²) in [5.41, 5.74) is 7.61. The van der Waals surface area contributed by atoms with Crippen LogP contribution in [0.3, 0.4) is 0 Å². The van der Waals surface area contributed by atoms with Gasteiger partial charge in [0.25, 0.3) is 11.5 Å². The number of nitrogens with two attached hydrogens (primary N) is 1. The molecule has 6 heteroatoms. The molecule has 0 saturated heterocycles. The van der Waals surface area contributed by atoms with E-state index in [0.29, 0.717) is 17.4 Å². The molecule has 3 N–H and O–H groups in total. The van der Waals surface area contributed by atoms with Crippen LogP contribution in [0.25, 0.3) is 10.9 Å². The summed E-state index contributed by atoms with van der Waals surface area (Å²) in [5, 5.41) is 8.73. The van der Waals surface area contributed by atoms with E-state index in [2.05, 4.69) is 0 Å². The summed E-state index contributed by atoms with van der Waals surface area (Å²) in [7, 11) is 1.68. The van der Waals surface area contributed by atoms with E-state index >= 15 is 0 Å². The minimum Gasteiger partial charge on any atom is -0.365 e. The Morgan fingerprint density at radius 2 is 1.88 bits per heavy atom. The first-order valence-electron chi connectivity index (χ1n) is 7.52. The second kappa shape index (κ2) is 5.81. The van der Waals surface area contributed by atoms with E-state index < -0.39 is 5.91 Å². The van der Waals surface area contributed by atoms with Gasteiger partial charge >= 0.3 is 0 Å². The molecule has 0 atom stereocenters. The van der Waals surface area contributed by atoms with Gasteiger partial charge in [-0.15, -0.1) is 0 Å². The third kappa shape index (κ3) is 2.52. The Morgan fingerprint density at radius 3 is 2.50 bits per heavy atom. The molecule has 0 saturated carbocycles. The standard InChI is InChI=1S/C18H18N4O2/c1-11-8-15-13(18(24)21(11)2)9-14(17(20)23)16(19)22(15)10-12-6-4-3-5-7-12/h3-9,19H,10H2,1-2H3,(H2,20,23). The van der Waals surface area contributed by atoms with Gasteiger partial charge in [0.05, 0.1) is 16.5 Å². The van der Waals surface area contributed by atoms with Gasteiger partial charge in [-0.3, -0.25) is 15.0 Å². The molecule has 1 aromatic carbocycles. The number of hydrogen-bond acceptors (Lipinski definition) is 3. The molecule has 0 radical (unpaired) electrons. The van der Waals surface area contributed by atoms with Crippen LogP contribution in [0.5, 0.6) is 0 Å². The molecule has 3 aromatic rings. The summed E-state index contributed by atoms with van der Waals surface area (Å²) >= 11 is 0. The summed E-state index contributed by atoms with van der Waals surface area (Å²) in [6.45, 7) is 2.21. The molecule has 2 heterocycles. The first kappa shape index (κ1) is 15.7. The Morgan fingerprint density at radius 1 is 1.21 bits per heavy atom. The average Bonchev–Trinajstić information content (AvgIpc) is 2.56. The minimum absolute atomic E-state index is 0.00602. The van der Waals surface area contributed by atoms with Crippen molar-refractivity contribution < 1.29 is 4.79 Å². The predicted molar refractivity (Wildman–Crippen MR) is 91.8 cm³/mol. The third-order valence-electron chi connectivity index (χ3n) is 4.24. The molecule has 24 heavy (non-hydrogen) atoms. The van der Waals surface area contributed by atoms with Crippen LogP contribution in [-0.2, 0) is 13.6 Å². The normalized spacial score (nSPS) is 10.9. The van der Waals surface area contributed by atoms with Crippen LogP contribution in [0.15, 0.2) is 47.3 Å². The minimum atomic E-state index is -0.716. The van der Waals surface area contributed by atoms with Crippen LogP contribution in [0.4, 0.5) is 0 Å². The maximum absolute atomic E-state index is 12.6. The molecule has 122 valence electrons. The molecule has 0 aliphatic carbocycles. The Balaban J connectivity index is 2.41. The van der Waals surface area contributed by atoms with Crippen molar-refractivity contribution >= 4 is 16.8 Å². The number of hydrogen-bond donors (Lipinski definition) is 2. The zero-order valence-corrected chi connectivity index (χ0v) is 13.5. The molecule has 0 aliphatic rings. The maximum Gasteiger partial charge on any atom is 0.259 e. The van der Waals surface area contributed by atoms with Gasteiger partial charge in [0.2, 0.25) is 0 Å². The van der Waals surface area contributed by atoms with E-state index in [0.717, 1.165) is 11.3 Å². The summed E-state index contributed by atoms with van der Waals surface area (Å²) in [6.07, 6.45) is 0. The lowest BCUT2D eigenvalue weighted by Crippen LogP contribution is -2.32. The number of rotatable bonds is 3. The smallest absolute Gasteiger partial charge is 0.259 e. The number of carbonyl (C=O) groups excluding carboxylic acids is 1. The van der Waals surface area contributed by atoms with Gasteiger partial charge in [0, 0.05) is 19.3 Å². The number of primary amides is 1. The first-order valence-corrected chi connectivity index (χ1v) is 7.52. The second-order valence-electron chi connectivity index (χ2n) is 5.79. The average molecular weight is 322 g/mol. The molecule has 0 aliphatic heterocycles. The van der Waals surface area contributed by atoms with Gasteiger partial charge in [0.1, 0.15) is 5.49 Å². The largest absolute Gasteiger partial charge is 0.365 e. The highest BCUT2D eigenvalue weighted by Gasteiger charge is 2.15. The number of carbonyl (C=O) groups is 1. The van der Waals surface area contributed by atoms with Crippen molar-refractivity contribution in [2.24, 2.45) is 12.8 Å². The van der Waals surface area contributed by atoms with Crippen LogP contribution in [-0.4, -0.2) is 15.0 Å². The molecular formula is C18H18N4O2. The van der Waals surface area contributed by atoms with Crippen LogP contribution in [0.1, 0.15) is 21.6 Å². The van der Waals surface area contributed by atoms with E-state index in [1.165, 1.54) is 10.6 Å². The van der Waals surface area contributed by atoms with Crippen molar-refractivity contribution in [3.63, 3.8) is 0 Å². The Kier molecular flexibility index (Phi) is 3.81. The number of nitrogens with zero attached hydrogens (tertiary/aromatic N) is 2. The zero-order valence-electron chi connectivity index (χ0n) is 13.5. The van der Waals surface area contributed by atoms with Crippen LogP contribution >= 0.6 is 0 Å². The molecule has 6 nitrogen and oxygen atoms in total. The lowest BCUT2D eigenvalue weighted by atomic mass is 10.1. The van der Waals surface area contributed by atoms with Crippen molar-refractivity contribution in [1.82, 2.24) is 9.13 Å². The molecule has 0 fully saturated rings. The third-order valence-corrected chi connectivity index (χ3v) is 4.24. The fraction of sp³-hybridized carbons (Fsp3) is 0.167. The second-order valence-corrected chi connectivity index (χ2v) is 5.79. The number of fused-ring (bicyclic) bond motifs is 1. The fourth-order valence-electron chi connectivity index (χ4n) is 2.78. The zero-order chi connectivity index (χ0) is 17.4. The predicted octanol–water partition coefficient (Wildman–Crippen LogP) is 1.28. The molecule has 2 aromatic heterocycles. The molecule has 0 spiro atoms. The summed E-state index contributed by atoms with van der Waals surface area (Å²) in [6, 6.07) is 12.9. The van der Waals surface area contributed by atoms with Crippen molar-refractivity contribution in [3.8, 4) is 0 Å². The Hall–Kier alpha value is -3.15. The summed E-state index contributed by atoms with van der Waals surface area (Å²) in [4.78, 5) is 24.3. The maximum atomic E-state index is 12.6. The van der Waals surface area contributed by atoms with E-state index in [1.54, 1.807) is 11.6 Å². The number of pyridine rings is 2. The van der Waals surface area contributed by atoms with Crippen LogP contribution < -0.4 is 16.8 Å². The fourth-order valence-corrected chi connectivity index (χ4v) is 2.78. The van der Waals surface area contributed by atoms with Crippen molar-refractivity contribution in [2.45, 2.75) is 13.5 Å². The van der Waals surface area contributed by atoms with Crippen LogP contribution in [0.2, 0.25) is 0 Å². The molecule has 0 unspecified atom stereocenters. The number of aryl methyl sites for hydroxylation is 1. The Labute approximate surface area is 138 Å². The number of amides is 1. The van der Waals surface area contributed by atoms with Gasteiger partial charge in [-0.1, -0.05) is 30.3 Å². The monoisotopic (exact) mass is 322 g/mol. The number of aromatic nitrogens is 2. The Bertz CT molecular complexity index is 1060. The van der Waals surface area contributed by atoms with E-state index in [9.17, 15) is 9.59 Å². The summed E-state index contributed by atoms with van der Waals surface area (Å²) in [5.74, 6) is -0.716. The first-order chi connectivity index (χ1) is 11.4. The summed E-state index contributed by atoms with van der Waals surface area (Å²) < 4.78 is 3.17. The number of benzene rings is 1. The van der Waals surface area contributed by atoms with Gasteiger partial charge < -0.3 is 14.9 Å². The van der Waals surface area contributed by atoms with Gasteiger partial charge in [-0.2, -0.15) is 0 Å². The highest BCUT2D eigenvalue weighted by atomic mass is 16.1. The highest BCUT2D eigenvalue weighted by Crippen LogP contribution is 2.13. The highest BCUT2D eigenvalue weighted by molar-refractivity contribution is 5.96. The van der Waals surface area contributed by atoms with Gasteiger partial charge in [-0.05, 0) is 24.6 Å². The van der Waals surface area contributed by atoms with Crippen molar-refractivity contribution in [2.75, 3.05) is 0 Å². The molecular weight excluding hydrogens is 304 g/mol. The molecule has 0 bridgehead atoms. The topological polar surface area (TPSA) is 93.9 Å². The van der Waals surface area contributed by atoms with E-state index in [4.69, 9.17) is 11.1 Å². The van der Waals surface area contributed by atoms with Crippen molar-refractivity contribution in [1.29, 1.82) is 5.41 Å². The molecule has 1 amide bonds. The van der Waals surface area contributed by atoms with E-state index in [-0.39, 0.29) is 16.6 Å². The lowest BCUT2D eigenvalue weighted by Gasteiger charge is -2.15. The van der Waals surface area contributed by atoms with Crippen molar-refractivity contribution in [3.05, 3.63) is 75.1 Å².